The first-order valence-corrected chi connectivity index (χ1v) is 11.2. The lowest BCUT2D eigenvalue weighted by molar-refractivity contribution is 0.0981. The molecule has 0 atom stereocenters. The Morgan fingerprint density at radius 3 is 2.32 bits per heavy atom. The van der Waals surface area contributed by atoms with Crippen LogP contribution in [0.1, 0.15) is 21.5 Å². The molecule has 1 aliphatic heterocycles. The topological polar surface area (TPSA) is 92.8 Å². The predicted molar refractivity (Wildman–Crippen MR) is 115 cm³/mol. The van der Waals surface area contributed by atoms with E-state index in [1.807, 2.05) is 30.3 Å². The number of nitrogens with one attached hydrogen (secondary N) is 1. The Morgan fingerprint density at radius 2 is 1.61 bits per heavy atom. The molecule has 0 fully saturated rings. The Kier molecular flexibility index (Phi) is 5.73. The van der Waals surface area contributed by atoms with E-state index in [1.165, 1.54) is 29.2 Å². The molecule has 3 aromatic rings. The number of hydrogen-bond acceptors (Lipinski definition) is 5. The maximum Gasteiger partial charge on any atom is 0.414 e. The molecule has 0 aromatic heterocycles. The van der Waals surface area contributed by atoms with Crippen LogP contribution in [-0.4, -0.2) is 27.0 Å². The van der Waals surface area contributed by atoms with Gasteiger partial charge in [0.15, 0.2) is 0 Å². The van der Waals surface area contributed by atoms with Crippen molar-refractivity contribution in [1.29, 1.82) is 0 Å². The molecule has 1 N–H and O–H groups in total. The Bertz CT molecular complexity index is 1210. The summed E-state index contributed by atoms with van der Waals surface area (Å²) in [6.45, 7) is 0.513. The molecule has 3 aromatic carbocycles. The number of carbonyl (C=O) groups excluding carboxylic acids is 2. The highest BCUT2D eigenvalue weighted by Crippen LogP contribution is 2.31. The van der Waals surface area contributed by atoms with Gasteiger partial charge in [-0.25, -0.2) is 17.9 Å². The summed E-state index contributed by atoms with van der Waals surface area (Å²) in [6, 6.07) is 21.9. The van der Waals surface area contributed by atoms with Crippen molar-refractivity contribution in [2.75, 3.05) is 11.4 Å². The van der Waals surface area contributed by atoms with Crippen LogP contribution >= 0.6 is 0 Å². The van der Waals surface area contributed by atoms with Crippen LogP contribution in [0, 0.1) is 0 Å². The summed E-state index contributed by atoms with van der Waals surface area (Å²) in [5, 5.41) is 0. The van der Waals surface area contributed by atoms with Crippen molar-refractivity contribution in [3.8, 4) is 0 Å². The van der Waals surface area contributed by atoms with Gasteiger partial charge in [-0.1, -0.05) is 54.6 Å². The second-order valence-corrected chi connectivity index (χ2v) is 8.72. The fraction of sp³-hybridized carbons (Fsp3) is 0.130. The van der Waals surface area contributed by atoms with E-state index in [-0.39, 0.29) is 17.1 Å². The van der Waals surface area contributed by atoms with Crippen molar-refractivity contribution < 1.29 is 22.7 Å². The van der Waals surface area contributed by atoms with E-state index in [2.05, 4.69) is 4.72 Å². The summed E-state index contributed by atoms with van der Waals surface area (Å²) in [4.78, 5) is 26.2. The van der Waals surface area contributed by atoms with Crippen molar-refractivity contribution in [3.63, 3.8) is 0 Å². The first-order chi connectivity index (χ1) is 14.9. The zero-order chi connectivity index (χ0) is 21.8. The molecule has 1 aliphatic rings. The third kappa shape index (κ3) is 4.59. The first-order valence-electron chi connectivity index (χ1n) is 9.67. The fourth-order valence-electron chi connectivity index (χ4n) is 3.34. The maximum absolute atomic E-state index is 12.7. The van der Waals surface area contributed by atoms with Gasteiger partial charge in [0.05, 0.1) is 10.6 Å². The molecular weight excluding hydrogens is 416 g/mol. The Balaban J connectivity index is 1.51. The van der Waals surface area contributed by atoms with E-state index >= 15 is 0 Å². The molecule has 0 saturated carbocycles. The van der Waals surface area contributed by atoms with Crippen molar-refractivity contribution in [3.05, 3.63) is 95.6 Å². The SMILES string of the molecule is O=C(NS(=O)(=O)c1ccc2c(c1)N(C(=O)OCc1ccccc1)CC2)c1ccccc1. The highest BCUT2D eigenvalue weighted by molar-refractivity contribution is 7.90. The zero-order valence-electron chi connectivity index (χ0n) is 16.5. The summed E-state index contributed by atoms with van der Waals surface area (Å²) >= 11 is 0. The molecule has 0 spiro atoms. The van der Waals surface area contributed by atoms with Gasteiger partial charge in [0.2, 0.25) is 0 Å². The van der Waals surface area contributed by atoms with Crippen LogP contribution in [0.25, 0.3) is 0 Å². The van der Waals surface area contributed by atoms with E-state index in [0.717, 1.165) is 11.1 Å². The molecule has 0 radical (unpaired) electrons. The highest BCUT2D eigenvalue weighted by Gasteiger charge is 2.28. The lowest BCUT2D eigenvalue weighted by Crippen LogP contribution is -2.31. The minimum atomic E-state index is -4.11. The van der Waals surface area contributed by atoms with Crippen molar-refractivity contribution in [1.82, 2.24) is 4.72 Å². The van der Waals surface area contributed by atoms with E-state index in [4.69, 9.17) is 4.74 Å². The number of amides is 2. The van der Waals surface area contributed by atoms with Gasteiger partial charge in [0, 0.05) is 12.1 Å². The summed E-state index contributed by atoms with van der Waals surface area (Å²) in [7, 11) is -4.11. The first kappa shape index (κ1) is 20.6. The Labute approximate surface area is 180 Å². The van der Waals surface area contributed by atoms with Crippen LogP contribution in [0.15, 0.2) is 83.8 Å². The normalized spacial score (nSPS) is 12.8. The summed E-state index contributed by atoms with van der Waals surface area (Å²) < 4.78 is 32.9. The standard InChI is InChI=1S/C23H20N2O5S/c26-22(19-9-5-2-6-10-19)24-31(28,29)20-12-11-18-13-14-25(21(18)15-20)23(27)30-16-17-7-3-1-4-8-17/h1-12,15H,13-14,16H2,(H,24,26). The van der Waals surface area contributed by atoms with Gasteiger partial charge in [-0.3, -0.25) is 9.69 Å². The van der Waals surface area contributed by atoms with Gasteiger partial charge in [-0.2, -0.15) is 0 Å². The van der Waals surface area contributed by atoms with Crippen LogP contribution in [0.3, 0.4) is 0 Å². The van der Waals surface area contributed by atoms with Gasteiger partial charge in [-0.15, -0.1) is 0 Å². The van der Waals surface area contributed by atoms with Gasteiger partial charge < -0.3 is 4.74 Å². The molecule has 158 valence electrons. The molecular formula is C23H20N2O5S. The lowest BCUT2D eigenvalue weighted by Gasteiger charge is -2.18. The molecule has 7 nitrogen and oxygen atoms in total. The van der Waals surface area contributed by atoms with Crippen LogP contribution in [0.2, 0.25) is 0 Å². The Hall–Kier alpha value is -3.65. The van der Waals surface area contributed by atoms with Crippen LogP contribution in [0.5, 0.6) is 0 Å². The number of hydrogen-bond donors (Lipinski definition) is 1. The minimum Gasteiger partial charge on any atom is -0.444 e. The third-order valence-corrected chi connectivity index (χ3v) is 6.28. The number of rotatable bonds is 5. The van der Waals surface area contributed by atoms with E-state index < -0.39 is 22.0 Å². The quantitative estimate of drug-likeness (QED) is 0.661. The molecule has 0 bridgehead atoms. The van der Waals surface area contributed by atoms with E-state index in [9.17, 15) is 18.0 Å². The number of ether oxygens (including phenoxy) is 1. The number of fused-ring (bicyclic) bond motifs is 1. The number of benzene rings is 3. The molecule has 2 amide bonds. The maximum atomic E-state index is 12.7. The molecule has 0 saturated heterocycles. The molecule has 31 heavy (non-hydrogen) atoms. The number of anilines is 1. The van der Waals surface area contributed by atoms with Gasteiger partial charge >= 0.3 is 6.09 Å². The van der Waals surface area contributed by atoms with Crippen molar-refractivity contribution >= 4 is 27.7 Å². The van der Waals surface area contributed by atoms with Crippen LogP contribution in [0.4, 0.5) is 10.5 Å². The van der Waals surface area contributed by atoms with Gasteiger partial charge in [0.25, 0.3) is 15.9 Å². The molecule has 4 rings (SSSR count). The second kappa shape index (κ2) is 8.61. The van der Waals surface area contributed by atoms with Crippen LogP contribution in [-0.2, 0) is 27.8 Å². The molecule has 8 heteroatoms. The van der Waals surface area contributed by atoms with E-state index in [0.29, 0.717) is 18.7 Å². The predicted octanol–water partition coefficient (Wildman–Crippen LogP) is 3.50. The average molecular weight is 436 g/mol. The third-order valence-electron chi connectivity index (χ3n) is 4.95. The molecule has 0 aliphatic carbocycles. The molecule has 0 unspecified atom stereocenters. The fourth-order valence-corrected chi connectivity index (χ4v) is 4.34. The monoisotopic (exact) mass is 436 g/mol. The van der Waals surface area contributed by atoms with Crippen LogP contribution < -0.4 is 9.62 Å². The second-order valence-electron chi connectivity index (χ2n) is 7.03. The number of carbonyl (C=O) groups is 2. The largest absolute Gasteiger partial charge is 0.444 e. The number of nitrogens with zero attached hydrogens (tertiary/aromatic N) is 1. The van der Waals surface area contributed by atoms with Gasteiger partial charge in [-0.05, 0) is 41.8 Å². The zero-order valence-corrected chi connectivity index (χ0v) is 17.3. The number of sulfonamides is 1. The summed E-state index contributed by atoms with van der Waals surface area (Å²) in [5.74, 6) is -0.722. The van der Waals surface area contributed by atoms with Crippen molar-refractivity contribution in [2.24, 2.45) is 0 Å². The summed E-state index contributed by atoms with van der Waals surface area (Å²) in [6.07, 6.45) is 0.0393. The minimum absolute atomic E-state index is 0.0988. The van der Waals surface area contributed by atoms with Gasteiger partial charge in [0.1, 0.15) is 6.61 Å². The van der Waals surface area contributed by atoms with E-state index in [1.54, 1.807) is 24.3 Å². The Morgan fingerprint density at radius 1 is 0.935 bits per heavy atom. The summed E-state index contributed by atoms with van der Waals surface area (Å²) in [5.41, 5.74) is 2.40. The van der Waals surface area contributed by atoms with Crippen molar-refractivity contribution in [2.45, 2.75) is 17.9 Å². The highest BCUT2D eigenvalue weighted by atomic mass is 32.2. The molecule has 1 heterocycles. The lowest BCUT2D eigenvalue weighted by atomic mass is 10.2. The average Bonchev–Trinajstić information content (AvgIpc) is 3.22. The smallest absolute Gasteiger partial charge is 0.414 e.